The van der Waals surface area contributed by atoms with Crippen molar-refractivity contribution in [3.8, 4) is 11.5 Å². The van der Waals surface area contributed by atoms with E-state index in [1.165, 1.54) is 31.1 Å². The molecule has 0 radical (unpaired) electrons. The number of ether oxygens (including phenoxy) is 1. The summed E-state index contributed by atoms with van der Waals surface area (Å²) in [5, 5.41) is 14.1. The molecule has 2 N–H and O–H groups in total. The Morgan fingerprint density at radius 3 is 2.91 bits per heavy atom. The fourth-order valence-electron chi connectivity index (χ4n) is 2.45. The molecule has 23 heavy (non-hydrogen) atoms. The molecule has 2 heterocycles. The molecule has 1 aliphatic heterocycles. The highest BCUT2D eigenvalue weighted by molar-refractivity contribution is 8.13. The molecule has 1 aromatic carbocycles. The number of benzene rings is 1. The molecule has 0 spiro atoms. The minimum Gasteiger partial charge on any atom is -0.506 e. The van der Waals surface area contributed by atoms with E-state index < -0.39 is 14.4 Å². The number of fused-ring (bicyclic) bond motifs is 1. The van der Waals surface area contributed by atoms with Crippen molar-refractivity contribution >= 4 is 44.1 Å². The summed E-state index contributed by atoms with van der Waals surface area (Å²) in [5.41, 5.74) is 0.364. The van der Waals surface area contributed by atoms with Crippen LogP contribution in [-0.4, -0.2) is 49.0 Å². The van der Waals surface area contributed by atoms with Gasteiger partial charge in [0.2, 0.25) is 0 Å². The van der Waals surface area contributed by atoms with Gasteiger partial charge < -0.3 is 15.2 Å². The third kappa shape index (κ3) is 2.96. The molecule has 9 heteroatoms. The molecule has 6 nitrogen and oxygen atoms in total. The lowest BCUT2D eigenvalue weighted by molar-refractivity contribution is 0.418. The Kier molecular flexibility index (Phi) is 4.59. The second kappa shape index (κ2) is 6.35. The number of halogens is 1. The highest BCUT2D eigenvalue weighted by Crippen LogP contribution is 2.39. The maximum atomic E-state index is 12.8. The number of thioether (sulfide) groups is 1. The fraction of sp³-hybridized carbons (Fsp3) is 0.357. The van der Waals surface area contributed by atoms with Crippen LogP contribution in [0.2, 0.25) is 5.02 Å². The molecular formula is C14H15ClN2O4S2. The summed E-state index contributed by atoms with van der Waals surface area (Å²) in [6.07, 6.45) is 1.18. The number of hydrogen-bond donors (Lipinski definition) is 2. The summed E-state index contributed by atoms with van der Waals surface area (Å²) in [5.74, 6) is 0.730. The second-order valence-electron chi connectivity index (χ2n) is 5.02. The van der Waals surface area contributed by atoms with Crippen molar-refractivity contribution in [2.75, 3.05) is 26.0 Å². The second-order valence-corrected chi connectivity index (χ2v) is 9.17. The average Bonchev–Trinajstić information content (AvgIpc) is 2.55. The Morgan fingerprint density at radius 2 is 2.26 bits per heavy atom. The maximum Gasteiger partial charge on any atom is 0.196 e. The van der Waals surface area contributed by atoms with Crippen LogP contribution in [0.4, 0.5) is 0 Å². The van der Waals surface area contributed by atoms with Crippen molar-refractivity contribution in [2.45, 2.75) is 9.48 Å². The minimum atomic E-state index is -3.71. The predicted molar refractivity (Wildman–Crippen MR) is 91.3 cm³/mol. The summed E-state index contributed by atoms with van der Waals surface area (Å²) in [7, 11) is -2.26. The normalized spacial score (nSPS) is 19.0. The van der Waals surface area contributed by atoms with Crippen LogP contribution >= 0.6 is 23.4 Å². The summed E-state index contributed by atoms with van der Waals surface area (Å²) < 4.78 is 30.1. The fourth-order valence-corrected chi connectivity index (χ4v) is 5.94. The number of nitrogens with one attached hydrogen (secondary N) is 1. The van der Waals surface area contributed by atoms with E-state index in [2.05, 4.69) is 10.3 Å². The van der Waals surface area contributed by atoms with Crippen LogP contribution in [0.25, 0.3) is 10.9 Å². The lowest BCUT2D eigenvalue weighted by Gasteiger charge is -2.23. The lowest BCUT2D eigenvalue weighted by atomic mass is 10.2. The van der Waals surface area contributed by atoms with Gasteiger partial charge in [0.15, 0.2) is 9.84 Å². The van der Waals surface area contributed by atoms with E-state index in [9.17, 15) is 13.5 Å². The van der Waals surface area contributed by atoms with E-state index in [1.807, 2.05) is 0 Å². The highest BCUT2D eigenvalue weighted by atomic mass is 35.5. The van der Waals surface area contributed by atoms with Crippen LogP contribution in [0.15, 0.2) is 23.2 Å². The van der Waals surface area contributed by atoms with E-state index >= 15 is 0 Å². The van der Waals surface area contributed by atoms with Gasteiger partial charge >= 0.3 is 0 Å². The van der Waals surface area contributed by atoms with Crippen LogP contribution in [0.5, 0.6) is 11.5 Å². The molecule has 0 bridgehead atoms. The highest BCUT2D eigenvalue weighted by Gasteiger charge is 2.33. The predicted octanol–water partition coefficient (Wildman–Crippen LogP) is 2.04. The first kappa shape index (κ1) is 16.6. The third-order valence-electron chi connectivity index (χ3n) is 3.61. The Bertz CT molecular complexity index is 851. The zero-order valence-electron chi connectivity index (χ0n) is 12.2. The monoisotopic (exact) mass is 374 g/mol. The van der Waals surface area contributed by atoms with Gasteiger partial charge in [-0.25, -0.2) is 8.42 Å². The van der Waals surface area contributed by atoms with Gasteiger partial charge in [0.25, 0.3) is 0 Å². The van der Waals surface area contributed by atoms with Gasteiger partial charge in [-0.15, -0.1) is 11.8 Å². The van der Waals surface area contributed by atoms with Crippen molar-refractivity contribution in [3.05, 3.63) is 23.4 Å². The maximum absolute atomic E-state index is 12.8. The summed E-state index contributed by atoms with van der Waals surface area (Å²) in [6.45, 7) is 1.11. The molecule has 3 rings (SSSR count). The molecule has 1 unspecified atom stereocenters. The van der Waals surface area contributed by atoms with Crippen LogP contribution < -0.4 is 10.1 Å². The number of aromatic nitrogens is 1. The first-order chi connectivity index (χ1) is 10.9. The van der Waals surface area contributed by atoms with Crippen molar-refractivity contribution in [3.63, 3.8) is 0 Å². The number of pyridine rings is 1. The lowest BCUT2D eigenvalue weighted by Crippen LogP contribution is -2.37. The Balaban J connectivity index is 2.17. The van der Waals surface area contributed by atoms with Gasteiger partial charge in [0.05, 0.1) is 13.3 Å². The summed E-state index contributed by atoms with van der Waals surface area (Å²) in [6, 6.07) is 3.04. The smallest absolute Gasteiger partial charge is 0.196 e. The van der Waals surface area contributed by atoms with Crippen LogP contribution in [0.3, 0.4) is 0 Å². The van der Waals surface area contributed by atoms with Crippen LogP contribution in [0, 0.1) is 0 Å². The van der Waals surface area contributed by atoms with Crippen molar-refractivity contribution in [2.24, 2.45) is 0 Å². The van der Waals surface area contributed by atoms with Gasteiger partial charge in [0.1, 0.15) is 26.5 Å². The topological polar surface area (TPSA) is 88.5 Å². The summed E-state index contributed by atoms with van der Waals surface area (Å²) >= 11 is 7.36. The van der Waals surface area contributed by atoms with E-state index in [4.69, 9.17) is 16.3 Å². The number of methoxy groups -OCH3 is 1. The number of sulfone groups is 1. The average molecular weight is 375 g/mol. The number of hydrogen-bond acceptors (Lipinski definition) is 7. The van der Waals surface area contributed by atoms with Crippen molar-refractivity contribution < 1.29 is 18.3 Å². The summed E-state index contributed by atoms with van der Waals surface area (Å²) in [4.78, 5) is 3.98. The molecular weight excluding hydrogens is 360 g/mol. The molecule has 1 saturated heterocycles. The number of rotatable bonds is 3. The van der Waals surface area contributed by atoms with Gasteiger partial charge in [-0.05, 0) is 6.07 Å². The molecule has 0 aliphatic carbocycles. The van der Waals surface area contributed by atoms with E-state index in [-0.39, 0.29) is 16.0 Å². The largest absolute Gasteiger partial charge is 0.506 e. The minimum absolute atomic E-state index is 0.185. The number of aromatic hydroxyl groups is 1. The van der Waals surface area contributed by atoms with Gasteiger partial charge in [-0.3, -0.25) is 4.98 Å². The molecule has 0 amide bonds. The first-order valence-electron chi connectivity index (χ1n) is 6.86. The molecule has 1 aromatic heterocycles. The van der Waals surface area contributed by atoms with E-state index in [1.54, 1.807) is 6.07 Å². The Hall–Kier alpha value is -1.22. The zero-order valence-corrected chi connectivity index (χ0v) is 14.6. The van der Waals surface area contributed by atoms with Gasteiger partial charge in [0, 0.05) is 35.3 Å². The molecule has 0 saturated carbocycles. The van der Waals surface area contributed by atoms with Crippen molar-refractivity contribution in [1.82, 2.24) is 10.3 Å². The van der Waals surface area contributed by atoms with Crippen molar-refractivity contribution in [1.29, 1.82) is 0 Å². The standard InChI is InChI=1S/C14H15ClN2O4S2/c1-21-10-5-8(15)4-9-13(10)17-6-11(14(9)18)23(19,20)12-7-16-2-3-22-12/h4-6,12,16H,2-3,7H2,1H3,(H,17,18). The molecule has 1 atom stereocenters. The Morgan fingerprint density at radius 1 is 1.48 bits per heavy atom. The first-order valence-corrected chi connectivity index (χ1v) is 9.84. The molecule has 1 fully saturated rings. The van der Waals surface area contributed by atoms with E-state index in [0.717, 1.165) is 6.54 Å². The van der Waals surface area contributed by atoms with Gasteiger partial charge in [-0.2, -0.15) is 0 Å². The quantitative estimate of drug-likeness (QED) is 0.849. The van der Waals surface area contributed by atoms with E-state index in [0.29, 0.717) is 28.6 Å². The van der Waals surface area contributed by atoms with Gasteiger partial charge in [-0.1, -0.05) is 11.6 Å². The number of nitrogens with zero attached hydrogens (tertiary/aromatic N) is 1. The molecule has 124 valence electrons. The molecule has 2 aromatic rings. The van der Waals surface area contributed by atoms with Crippen LogP contribution in [0.1, 0.15) is 0 Å². The third-order valence-corrected chi connectivity index (χ3v) is 7.74. The SMILES string of the molecule is COc1cc(Cl)cc2c(O)c(S(=O)(=O)C3CNCCS3)cnc12. The zero-order chi connectivity index (χ0) is 16.6. The van der Waals surface area contributed by atoms with Crippen LogP contribution in [-0.2, 0) is 9.84 Å². The molecule has 1 aliphatic rings. The Labute approximate surface area is 143 Å².